The van der Waals surface area contributed by atoms with E-state index in [1.165, 1.54) is 0 Å². The number of allylic oxidation sites excluding steroid dienone is 2. The molecule has 4 atom stereocenters. The van der Waals surface area contributed by atoms with Crippen LogP contribution < -0.4 is 0 Å². The second-order valence-electron chi connectivity index (χ2n) is 3.85. The number of nitroso groups, excluding NO2 is 1. The number of hydrogen-bond acceptors (Lipinski definition) is 4. The van der Waals surface area contributed by atoms with E-state index in [1.807, 2.05) is 0 Å². The SMILES string of the molecule is O=NC1=C(O)C2C(Cl)CCC(Cl)C2C1=O. The van der Waals surface area contributed by atoms with Crippen LogP contribution in [0.1, 0.15) is 12.8 Å². The summed E-state index contributed by atoms with van der Waals surface area (Å²) >= 11 is 12.0. The van der Waals surface area contributed by atoms with E-state index in [0.29, 0.717) is 12.8 Å². The third-order valence-electron chi connectivity index (χ3n) is 3.07. The van der Waals surface area contributed by atoms with Gasteiger partial charge in [0.25, 0.3) is 0 Å². The van der Waals surface area contributed by atoms with Crippen molar-refractivity contribution >= 4 is 29.0 Å². The van der Waals surface area contributed by atoms with Crippen LogP contribution in [0, 0.1) is 16.7 Å². The fourth-order valence-corrected chi connectivity index (χ4v) is 3.13. The molecule has 2 aliphatic rings. The Morgan fingerprint density at radius 1 is 1.20 bits per heavy atom. The Labute approximate surface area is 96.2 Å². The second kappa shape index (κ2) is 3.76. The van der Waals surface area contributed by atoms with Gasteiger partial charge in [-0.3, -0.25) is 4.79 Å². The molecule has 1 N–H and O–H groups in total. The van der Waals surface area contributed by atoms with Gasteiger partial charge in [0.15, 0.2) is 11.5 Å². The van der Waals surface area contributed by atoms with Gasteiger partial charge in [-0.05, 0) is 18.0 Å². The molecule has 0 saturated heterocycles. The lowest BCUT2D eigenvalue weighted by molar-refractivity contribution is -0.119. The Kier molecular flexibility index (Phi) is 2.73. The minimum atomic E-state index is -0.587. The average molecular weight is 250 g/mol. The van der Waals surface area contributed by atoms with Gasteiger partial charge in [0, 0.05) is 16.7 Å². The van der Waals surface area contributed by atoms with Crippen LogP contribution >= 0.6 is 23.2 Å². The maximum Gasteiger partial charge on any atom is 0.193 e. The van der Waals surface area contributed by atoms with Crippen LogP contribution in [-0.4, -0.2) is 21.6 Å². The first kappa shape index (κ1) is 10.9. The highest BCUT2D eigenvalue weighted by atomic mass is 35.5. The van der Waals surface area contributed by atoms with Crippen LogP contribution in [-0.2, 0) is 4.79 Å². The average Bonchev–Trinajstić information content (AvgIpc) is 2.46. The van der Waals surface area contributed by atoms with Crippen molar-refractivity contribution in [3.05, 3.63) is 16.4 Å². The fraction of sp³-hybridized carbons (Fsp3) is 0.667. The summed E-state index contributed by atoms with van der Waals surface area (Å²) in [7, 11) is 0. The molecule has 0 radical (unpaired) electrons. The zero-order valence-corrected chi connectivity index (χ0v) is 9.20. The van der Waals surface area contributed by atoms with Crippen LogP contribution in [0.15, 0.2) is 16.6 Å². The topological polar surface area (TPSA) is 66.7 Å². The van der Waals surface area contributed by atoms with Crippen molar-refractivity contribution < 1.29 is 9.90 Å². The fourth-order valence-electron chi connectivity index (χ4n) is 2.33. The molecular weight excluding hydrogens is 241 g/mol. The van der Waals surface area contributed by atoms with Crippen molar-refractivity contribution in [2.75, 3.05) is 0 Å². The van der Waals surface area contributed by atoms with E-state index in [1.54, 1.807) is 0 Å². The third-order valence-corrected chi connectivity index (χ3v) is 4.05. The molecule has 0 aliphatic heterocycles. The van der Waals surface area contributed by atoms with E-state index in [9.17, 15) is 14.8 Å². The standard InChI is InChI=1S/C9H9Cl2NO3/c10-3-1-2-4(11)6-5(3)8(13)7(12-15)9(6)14/h3-6,13H,1-2H2. The summed E-state index contributed by atoms with van der Waals surface area (Å²) in [4.78, 5) is 22.1. The molecule has 0 bridgehead atoms. The predicted octanol–water partition coefficient (Wildman–Crippen LogP) is 2.35. The van der Waals surface area contributed by atoms with Crippen molar-refractivity contribution in [3.8, 4) is 0 Å². The van der Waals surface area contributed by atoms with Crippen molar-refractivity contribution in [3.63, 3.8) is 0 Å². The van der Waals surface area contributed by atoms with Crippen LogP contribution in [0.25, 0.3) is 0 Å². The Balaban J connectivity index is 2.42. The molecule has 15 heavy (non-hydrogen) atoms. The minimum Gasteiger partial charge on any atom is -0.509 e. The quantitative estimate of drug-likeness (QED) is 0.573. The van der Waals surface area contributed by atoms with E-state index >= 15 is 0 Å². The molecule has 4 unspecified atom stereocenters. The minimum absolute atomic E-state index is 0.287. The number of rotatable bonds is 1. The van der Waals surface area contributed by atoms with Gasteiger partial charge in [0.2, 0.25) is 0 Å². The normalized spacial score (nSPS) is 40.5. The van der Waals surface area contributed by atoms with Crippen LogP contribution in [0.5, 0.6) is 0 Å². The lowest BCUT2D eigenvalue weighted by Crippen LogP contribution is -2.37. The highest BCUT2D eigenvalue weighted by molar-refractivity contribution is 6.25. The molecule has 0 aromatic rings. The molecule has 1 fully saturated rings. The zero-order chi connectivity index (χ0) is 11.2. The number of carbonyl (C=O) groups excluding carboxylic acids is 1. The van der Waals surface area contributed by atoms with Crippen LogP contribution in [0.4, 0.5) is 0 Å². The number of carbonyl (C=O) groups is 1. The monoisotopic (exact) mass is 249 g/mol. The van der Waals surface area contributed by atoms with Crippen molar-refractivity contribution in [2.24, 2.45) is 17.0 Å². The van der Waals surface area contributed by atoms with E-state index in [0.717, 1.165) is 0 Å². The highest BCUT2D eigenvalue weighted by Crippen LogP contribution is 2.46. The summed E-state index contributed by atoms with van der Waals surface area (Å²) in [6.07, 6.45) is 1.24. The molecule has 0 spiro atoms. The molecule has 0 aromatic heterocycles. The molecule has 4 nitrogen and oxygen atoms in total. The highest BCUT2D eigenvalue weighted by Gasteiger charge is 2.52. The Morgan fingerprint density at radius 2 is 1.73 bits per heavy atom. The summed E-state index contributed by atoms with van der Waals surface area (Å²) in [5.74, 6) is -1.89. The number of fused-ring (bicyclic) bond motifs is 1. The van der Waals surface area contributed by atoms with Gasteiger partial charge in [-0.1, -0.05) is 0 Å². The number of Topliss-reactive ketones (excluding diaryl/α,β-unsaturated/α-hetero) is 1. The summed E-state index contributed by atoms with van der Waals surface area (Å²) in [5, 5.41) is 11.5. The van der Waals surface area contributed by atoms with E-state index in [2.05, 4.69) is 5.18 Å². The van der Waals surface area contributed by atoms with Gasteiger partial charge in [-0.2, -0.15) is 0 Å². The Morgan fingerprint density at radius 3 is 2.20 bits per heavy atom. The largest absolute Gasteiger partial charge is 0.509 e. The Hall–Kier alpha value is -0.610. The zero-order valence-electron chi connectivity index (χ0n) is 7.69. The maximum absolute atomic E-state index is 11.7. The predicted molar refractivity (Wildman–Crippen MR) is 56.0 cm³/mol. The third kappa shape index (κ3) is 1.47. The number of hydrogen-bond donors (Lipinski definition) is 1. The van der Waals surface area contributed by atoms with Gasteiger partial charge in [-0.15, -0.1) is 28.1 Å². The number of nitrogens with zero attached hydrogens (tertiary/aromatic N) is 1. The van der Waals surface area contributed by atoms with Crippen molar-refractivity contribution in [2.45, 2.75) is 23.6 Å². The summed E-state index contributed by atoms with van der Waals surface area (Å²) in [6, 6.07) is 0. The van der Waals surface area contributed by atoms with Crippen molar-refractivity contribution in [1.29, 1.82) is 0 Å². The summed E-state index contributed by atoms with van der Waals surface area (Å²) in [6.45, 7) is 0. The molecule has 2 rings (SSSR count). The van der Waals surface area contributed by atoms with Gasteiger partial charge in [0.1, 0.15) is 5.76 Å². The van der Waals surface area contributed by atoms with Gasteiger partial charge in [-0.25, -0.2) is 0 Å². The molecule has 0 heterocycles. The number of alkyl halides is 2. The number of aliphatic hydroxyl groups is 1. The van der Waals surface area contributed by atoms with Gasteiger partial charge in [0.05, 0.1) is 5.92 Å². The first-order chi connectivity index (χ1) is 7.07. The van der Waals surface area contributed by atoms with Crippen LogP contribution in [0.3, 0.4) is 0 Å². The molecule has 6 heteroatoms. The van der Waals surface area contributed by atoms with E-state index in [4.69, 9.17) is 23.2 Å². The van der Waals surface area contributed by atoms with E-state index in [-0.39, 0.29) is 16.5 Å². The van der Waals surface area contributed by atoms with Gasteiger partial charge >= 0.3 is 0 Å². The van der Waals surface area contributed by atoms with Crippen molar-refractivity contribution in [1.82, 2.24) is 0 Å². The molecule has 82 valence electrons. The molecule has 1 saturated carbocycles. The number of aliphatic hydroxyl groups excluding tert-OH is 1. The smallest absolute Gasteiger partial charge is 0.193 e. The lowest BCUT2D eigenvalue weighted by Gasteiger charge is -2.32. The van der Waals surface area contributed by atoms with E-state index < -0.39 is 23.3 Å². The lowest BCUT2D eigenvalue weighted by atomic mass is 9.79. The van der Waals surface area contributed by atoms with Crippen LogP contribution in [0.2, 0.25) is 0 Å². The number of ketones is 1. The second-order valence-corrected chi connectivity index (χ2v) is 4.97. The first-order valence-electron chi connectivity index (χ1n) is 4.66. The summed E-state index contributed by atoms with van der Waals surface area (Å²) < 4.78 is 0. The maximum atomic E-state index is 11.7. The molecular formula is C9H9Cl2NO3. The summed E-state index contributed by atoms with van der Waals surface area (Å²) in [5.41, 5.74) is -0.400. The molecule has 0 aromatic carbocycles. The molecule has 2 aliphatic carbocycles. The Bertz CT molecular complexity index is 355. The first-order valence-corrected chi connectivity index (χ1v) is 5.54. The number of halogens is 2. The molecule has 0 amide bonds. The van der Waals surface area contributed by atoms with Gasteiger partial charge < -0.3 is 5.11 Å².